The fraction of sp³-hybridized carbons (Fsp3) is 0.538. The summed E-state index contributed by atoms with van der Waals surface area (Å²) in [6.07, 6.45) is -2.32. The fourth-order valence-electron chi connectivity index (χ4n) is 2.46. The molecule has 0 spiro atoms. The van der Waals surface area contributed by atoms with Gasteiger partial charge in [0.05, 0.1) is 6.54 Å². The van der Waals surface area contributed by atoms with Crippen LogP contribution in [0.4, 0.5) is 13.2 Å². The molecule has 0 radical (unpaired) electrons. The molecule has 2 rings (SSSR count). The van der Waals surface area contributed by atoms with Gasteiger partial charge in [-0.3, -0.25) is 19.1 Å². The van der Waals surface area contributed by atoms with E-state index in [4.69, 9.17) is 5.73 Å². The molecule has 11 heteroatoms. The third-order valence-corrected chi connectivity index (χ3v) is 3.52. The van der Waals surface area contributed by atoms with Gasteiger partial charge in [-0.25, -0.2) is 0 Å². The second-order valence-electron chi connectivity index (χ2n) is 5.34. The lowest BCUT2D eigenvalue weighted by Crippen LogP contribution is -2.47. The molecule has 0 bridgehead atoms. The molecule has 0 aromatic carbocycles. The van der Waals surface area contributed by atoms with Gasteiger partial charge in [-0.1, -0.05) is 0 Å². The summed E-state index contributed by atoms with van der Waals surface area (Å²) in [7, 11) is 0. The number of hydrogen-bond donors (Lipinski definition) is 2. The summed E-state index contributed by atoms with van der Waals surface area (Å²) in [4.78, 5) is 36.4. The van der Waals surface area contributed by atoms with Gasteiger partial charge in [0.2, 0.25) is 11.8 Å². The first kappa shape index (κ1) is 17.8. The Morgan fingerprint density at radius 3 is 2.71 bits per heavy atom. The maximum absolute atomic E-state index is 12.2. The number of nitrogens with two attached hydrogens (primary N) is 1. The Morgan fingerprint density at radius 1 is 1.38 bits per heavy atom. The molecule has 24 heavy (non-hydrogen) atoms. The smallest absolute Gasteiger partial charge is 0.368 e. The van der Waals surface area contributed by atoms with Crippen molar-refractivity contribution in [3.63, 3.8) is 0 Å². The van der Waals surface area contributed by atoms with Gasteiger partial charge in [-0.05, 0) is 18.9 Å². The molecule has 1 aromatic rings. The van der Waals surface area contributed by atoms with Crippen molar-refractivity contribution in [2.45, 2.75) is 31.6 Å². The minimum Gasteiger partial charge on any atom is -0.368 e. The summed E-state index contributed by atoms with van der Waals surface area (Å²) in [5.41, 5.74) is 4.97. The zero-order chi connectivity index (χ0) is 17.9. The first-order valence-electron chi connectivity index (χ1n) is 7.14. The van der Waals surface area contributed by atoms with E-state index in [1.54, 1.807) is 0 Å². The van der Waals surface area contributed by atoms with Gasteiger partial charge in [-0.2, -0.15) is 18.3 Å². The summed E-state index contributed by atoms with van der Waals surface area (Å²) in [6.45, 7) is -1.34. The molecule has 8 nitrogen and oxygen atoms in total. The maximum atomic E-state index is 12.2. The van der Waals surface area contributed by atoms with Crippen LogP contribution in [-0.2, 0) is 16.1 Å². The maximum Gasteiger partial charge on any atom is 0.408 e. The van der Waals surface area contributed by atoms with Crippen LogP contribution in [0.3, 0.4) is 0 Å². The summed E-state index contributed by atoms with van der Waals surface area (Å²) >= 11 is 0. The fourth-order valence-corrected chi connectivity index (χ4v) is 2.46. The quantitative estimate of drug-likeness (QED) is 0.758. The number of carbonyl (C=O) groups is 3. The Morgan fingerprint density at radius 2 is 2.08 bits per heavy atom. The van der Waals surface area contributed by atoms with Crippen molar-refractivity contribution in [3.05, 3.63) is 18.0 Å². The molecule has 1 fully saturated rings. The van der Waals surface area contributed by atoms with Crippen LogP contribution in [0.25, 0.3) is 0 Å². The molecule has 1 aliphatic rings. The van der Waals surface area contributed by atoms with Crippen molar-refractivity contribution in [1.82, 2.24) is 20.0 Å². The topological polar surface area (TPSA) is 110 Å². The van der Waals surface area contributed by atoms with E-state index in [-0.39, 0.29) is 5.69 Å². The molecule has 1 saturated heterocycles. The van der Waals surface area contributed by atoms with Gasteiger partial charge in [0.1, 0.15) is 18.3 Å². The lowest BCUT2D eigenvalue weighted by Gasteiger charge is -2.22. The van der Waals surface area contributed by atoms with Gasteiger partial charge in [0.15, 0.2) is 0 Å². The van der Waals surface area contributed by atoms with E-state index < -0.39 is 43.0 Å². The molecule has 1 aliphatic heterocycles. The highest BCUT2D eigenvalue weighted by atomic mass is 19.4. The zero-order valence-electron chi connectivity index (χ0n) is 12.5. The highest BCUT2D eigenvalue weighted by Crippen LogP contribution is 2.17. The van der Waals surface area contributed by atoms with Crippen molar-refractivity contribution in [3.8, 4) is 0 Å². The highest BCUT2D eigenvalue weighted by molar-refractivity contribution is 5.95. The van der Waals surface area contributed by atoms with E-state index >= 15 is 0 Å². The molecule has 1 unspecified atom stereocenters. The van der Waals surface area contributed by atoms with Gasteiger partial charge >= 0.3 is 6.18 Å². The predicted octanol–water partition coefficient (Wildman–Crippen LogP) is -0.349. The van der Waals surface area contributed by atoms with Crippen LogP contribution in [0, 0.1) is 0 Å². The lowest BCUT2D eigenvalue weighted by molar-refractivity contribution is -0.142. The van der Waals surface area contributed by atoms with E-state index in [2.05, 4.69) is 10.4 Å². The van der Waals surface area contributed by atoms with Crippen LogP contribution in [0.1, 0.15) is 23.3 Å². The number of halogens is 3. The minimum absolute atomic E-state index is 0.236. The van der Waals surface area contributed by atoms with Crippen molar-refractivity contribution in [2.24, 2.45) is 5.73 Å². The molecular formula is C13H16F3N5O3. The molecule has 0 saturated carbocycles. The van der Waals surface area contributed by atoms with Gasteiger partial charge in [0, 0.05) is 12.7 Å². The third kappa shape index (κ3) is 4.46. The second kappa shape index (κ2) is 6.89. The SMILES string of the molecule is NC(=O)C1CCCN1C(=O)CNC(=O)c1ccn(CC(F)(F)F)n1. The molecular weight excluding hydrogens is 331 g/mol. The average Bonchev–Trinajstić information content (AvgIpc) is 3.11. The number of nitrogens with one attached hydrogen (secondary N) is 1. The molecule has 0 aliphatic carbocycles. The number of carbonyl (C=O) groups excluding carboxylic acids is 3. The van der Waals surface area contributed by atoms with E-state index in [0.29, 0.717) is 24.1 Å². The van der Waals surface area contributed by atoms with Crippen LogP contribution in [-0.4, -0.2) is 57.7 Å². The molecule has 1 aromatic heterocycles. The summed E-state index contributed by atoms with van der Waals surface area (Å²) in [6, 6.07) is 0.425. The van der Waals surface area contributed by atoms with Crippen molar-refractivity contribution in [1.29, 1.82) is 0 Å². The first-order chi connectivity index (χ1) is 11.2. The molecule has 3 N–H and O–H groups in total. The number of aromatic nitrogens is 2. The summed E-state index contributed by atoms with van der Waals surface area (Å²) in [5.74, 6) is -1.88. The zero-order valence-corrected chi connectivity index (χ0v) is 12.5. The van der Waals surface area contributed by atoms with Gasteiger partial charge in [0.25, 0.3) is 5.91 Å². The largest absolute Gasteiger partial charge is 0.408 e. The monoisotopic (exact) mass is 347 g/mol. The Bertz CT molecular complexity index is 643. The van der Waals surface area contributed by atoms with Crippen LogP contribution >= 0.6 is 0 Å². The number of hydrogen-bond acceptors (Lipinski definition) is 4. The van der Waals surface area contributed by atoms with E-state index in [1.165, 1.54) is 4.90 Å². The van der Waals surface area contributed by atoms with Crippen molar-refractivity contribution < 1.29 is 27.6 Å². The van der Waals surface area contributed by atoms with E-state index in [9.17, 15) is 27.6 Å². The number of rotatable bonds is 5. The van der Waals surface area contributed by atoms with Crippen molar-refractivity contribution in [2.75, 3.05) is 13.1 Å². The van der Waals surface area contributed by atoms with E-state index in [0.717, 1.165) is 12.3 Å². The third-order valence-electron chi connectivity index (χ3n) is 3.52. The Balaban J connectivity index is 1.89. The number of alkyl halides is 3. The Labute approximate surface area is 134 Å². The number of primary amides is 1. The molecule has 2 heterocycles. The number of nitrogens with zero attached hydrogens (tertiary/aromatic N) is 3. The Kier molecular flexibility index (Phi) is 5.10. The predicted molar refractivity (Wildman–Crippen MR) is 74.5 cm³/mol. The highest BCUT2D eigenvalue weighted by Gasteiger charge is 2.32. The Hall–Kier alpha value is -2.59. The standard InChI is InChI=1S/C13H16F3N5O3/c14-13(15,16)7-20-5-3-8(19-20)12(24)18-6-10(22)21-4-1-2-9(21)11(17)23/h3,5,9H,1-2,4,6-7H2,(H2,17,23)(H,18,24). The average molecular weight is 347 g/mol. The lowest BCUT2D eigenvalue weighted by atomic mass is 10.2. The molecule has 132 valence electrons. The van der Waals surface area contributed by atoms with Crippen LogP contribution < -0.4 is 11.1 Å². The minimum atomic E-state index is -4.45. The first-order valence-corrected chi connectivity index (χ1v) is 7.14. The van der Waals surface area contributed by atoms with Crippen molar-refractivity contribution >= 4 is 17.7 Å². The summed E-state index contributed by atoms with van der Waals surface area (Å²) in [5, 5.41) is 5.77. The second-order valence-corrected chi connectivity index (χ2v) is 5.34. The van der Waals surface area contributed by atoms with Gasteiger partial charge in [-0.15, -0.1) is 0 Å². The van der Waals surface area contributed by atoms with E-state index in [1.807, 2.05) is 0 Å². The van der Waals surface area contributed by atoms with Crippen LogP contribution in [0.2, 0.25) is 0 Å². The number of amides is 3. The summed E-state index contributed by atoms with van der Waals surface area (Å²) < 4.78 is 37.3. The van der Waals surface area contributed by atoms with Crippen LogP contribution in [0.15, 0.2) is 12.3 Å². The molecule has 3 amide bonds. The normalized spacial score (nSPS) is 17.8. The van der Waals surface area contributed by atoms with Gasteiger partial charge < -0.3 is 16.0 Å². The number of likely N-dealkylation sites (tertiary alicyclic amines) is 1. The molecule has 1 atom stereocenters. The van der Waals surface area contributed by atoms with Crippen LogP contribution in [0.5, 0.6) is 0 Å².